The molecule has 1 fully saturated rings. The Hall–Kier alpha value is -3.15. The molecule has 0 aliphatic carbocycles. The highest BCUT2D eigenvalue weighted by molar-refractivity contribution is 6.09. The van der Waals surface area contributed by atoms with E-state index in [9.17, 15) is 14.4 Å². The van der Waals surface area contributed by atoms with Crippen LogP contribution >= 0.6 is 0 Å². The number of carbonyl (C=O) groups is 3. The third-order valence-electron chi connectivity index (χ3n) is 5.04. The first-order valence-corrected chi connectivity index (χ1v) is 9.49. The van der Waals surface area contributed by atoms with Crippen molar-refractivity contribution in [3.05, 3.63) is 71.8 Å². The van der Waals surface area contributed by atoms with Crippen LogP contribution in [0.2, 0.25) is 0 Å². The van der Waals surface area contributed by atoms with Crippen molar-refractivity contribution in [1.82, 2.24) is 15.5 Å². The quantitative estimate of drug-likeness (QED) is 0.726. The van der Waals surface area contributed by atoms with E-state index in [-0.39, 0.29) is 18.5 Å². The van der Waals surface area contributed by atoms with Crippen molar-refractivity contribution >= 4 is 17.8 Å². The van der Waals surface area contributed by atoms with Gasteiger partial charge in [0.2, 0.25) is 5.91 Å². The third kappa shape index (κ3) is 3.91. The molecule has 6 heteroatoms. The minimum atomic E-state index is -1.17. The number of carbonyl (C=O) groups excluding carboxylic acids is 3. The molecule has 28 heavy (non-hydrogen) atoms. The Bertz CT molecular complexity index is 854. The molecule has 2 aromatic carbocycles. The molecule has 4 amide bonds. The van der Waals surface area contributed by atoms with Crippen molar-refractivity contribution < 1.29 is 14.4 Å². The molecule has 2 atom stereocenters. The number of imide groups is 1. The number of amides is 4. The molecular weight excluding hydrogens is 354 g/mol. The summed E-state index contributed by atoms with van der Waals surface area (Å²) in [5, 5.41) is 5.68. The summed E-state index contributed by atoms with van der Waals surface area (Å²) >= 11 is 0. The molecule has 146 valence electrons. The molecule has 2 N–H and O–H groups in total. The lowest BCUT2D eigenvalue weighted by Crippen LogP contribution is -2.43. The van der Waals surface area contributed by atoms with E-state index < -0.39 is 17.5 Å². The average molecular weight is 379 g/mol. The summed E-state index contributed by atoms with van der Waals surface area (Å²) in [6, 6.07) is 18.0. The van der Waals surface area contributed by atoms with Crippen LogP contribution in [0.5, 0.6) is 0 Å². The Morgan fingerprint density at radius 2 is 1.68 bits per heavy atom. The smallest absolute Gasteiger partial charge is 0.325 e. The Labute approximate surface area is 164 Å². The second-order valence-electron chi connectivity index (χ2n) is 7.13. The molecule has 1 heterocycles. The maximum absolute atomic E-state index is 12.9. The van der Waals surface area contributed by atoms with Gasteiger partial charge in [0.05, 0.1) is 6.04 Å². The van der Waals surface area contributed by atoms with Gasteiger partial charge in [-0.1, -0.05) is 74.0 Å². The van der Waals surface area contributed by atoms with Crippen LogP contribution in [-0.2, 0) is 15.1 Å². The van der Waals surface area contributed by atoms with Gasteiger partial charge in [-0.15, -0.1) is 0 Å². The van der Waals surface area contributed by atoms with E-state index in [1.54, 1.807) is 19.1 Å². The molecule has 1 aliphatic heterocycles. The number of urea groups is 1. The first kappa shape index (κ1) is 19.6. The summed E-state index contributed by atoms with van der Waals surface area (Å²) in [4.78, 5) is 38.9. The number of nitrogens with one attached hydrogen (secondary N) is 2. The molecule has 3 rings (SSSR count). The van der Waals surface area contributed by atoms with Crippen molar-refractivity contribution in [3.63, 3.8) is 0 Å². The van der Waals surface area contributed by atoms with E-state index in [1.807, 2.05) is 55.5 Å². The van der Waals surface area contributed by atoms with Gasteiger partial charge in [0, 0.05) is 0 Å². The normalized spacial score (nSPS) is 20.0. The van der Waals surface area contributed by atoms with Crippen LogP contribution in [0.25, 0.3) is 0 Å². The lowest BCUT2D eigenvalue weighted by atomic mass is 9.92. The Kier molecular flexibility index (Phi) is 5.78. The van der Waals surface area contributed by atoms with Crippen molar-refractivity contribution in [2.45, 2.75) is 38.3 Å². The molecular formula is C22H25N3O3. The molecule has 0 spiro atoms. The molecule has 0 aromatic heterocycles. The fourth-order valence-electron chi connectivity index (χ4n) is 3.49. The molecule has 0 bridgehead atoms. The lowest BCUT2D eigenvalue weighted by Gasteiger charge is -2.23. The summed E-state index contributed by atoms with van der Waals surface area (Å²) in [7, 11) is 0. The third-order valence-corrected chi connectivity index (χ3v) is 5.04. The van der Waals surface area contributed by atoms with E-state index in [2.05, 4.69) is 10.6 Å². The lowest BCUT2D eigenvalue weighted by molar-refractivity contribution is -0.135. The zero-order valence-electron chi connectivity index (χ0n) is 16.1. The maximum Gasteiger partial charge on any atom is 0.325 e. The standard InChI is InChI=1S/C22H25N3O3/c1-3-10-18(16-11-6-4-7-12-16)23-19(26)15-25-20(27)22(2,24-21(25)28)17-13-8-5-9-14-17/h4-9,11-14,18H,3,10,15H2,1-2H3,(H,23,26)(H,24,28)/t18-,22+/m1/s1. The predicted molar refractivity (Wildman–Crippen MR) is 106 cm³/mol. The topological polar surface area (TPSA) is 78.5 Å². The Morgan fingerprint density at radius 1 is 1.07 bits per heavy atom. The summed E-state index contributed by atoms with van der Waals surface area (Å²) < 4.78 is 0. The van der Waals surface area contributed by atoms with Gasteiger partial charge in [0.25, 0.3) is 5.91 Å². The summed E-state index contributed by atoms with van der Waals surface area (Å²) in [6.45, 7) is 3.40. The second-order valence-corrected chi connectivity index (χ2v) is 7.13. The number of hydrogen-bond acceptors (Lipinski definition) is 3. The van der Waals surface area contributed by atoms with Crippen LogP contribution in [0.15, 0.2) is 60.7 Å². The van der Waals surface area contributed by atoms with Gasteiger partial charge >= 0.3 is 6.03 Å². The van der Waals surface area contributed by atoms with Gasteiger partial charge in [-0.2, -0.15) is 0 Å². The van der Waals surface area contributed by atoms with Crippen LogP contribution in [0.3, 0.4) is 0 Å². The van der Waals surface area contributed by atoms with E-state index in [4.69, 9.17) is 0 Å². The van der Waals surface area contributed by atoms with Gasteiger partial charge < -0.3 is 10.6 Å². The number of benzene rings is 2. The largest absolute Gasteiger partial charge is 0.348 e. The van der Waals surface area contributed by atoms with E-state index in [0.29, 0.717) is 5.56 Å². The Balaban J connectivity index is 1.71. The summed E-state index contributed by atoms with van der Waals surface area (Å²) in [5.41, 5.74) is 0.523. The first-order valence-electron chi connectivity index (χ1n) is 9.49. The monoisotopic (exact) mass is 379 g/mol. The van der Waals surface area contributed by atoms with Crippen molar-refractivity contribution in [3.8, 4) is 0 Å². The van der Waals surface area contributed by atoms with Gasteiger partial charge in [-0.3, -0.25) is 14.5 Å². The maximum atomic E-state index is 12.9. The van der Waals surface area contributed by atoms with Crippen LogP contribution in [0, 0.1) is 0 Å². The van der Waals surface area contributed by atoms with Crippen LogP contribution in [-0.4, -0.2) is 29.3 Å². The van der Waals surface area contributed by atoms with Gasteiger partial charge in [0.1, 0.15) is 12.1 Å². The van der Waals surface area contributed by atoms with Crippen LogP contribution in [0.4, 0.5) is 4.79 Å². The highest BCUT2D eigenvalue weighted by Crippen LogP contribution is 2.28. The van der Waals surface area contributed by atoms with Crippen molar-refractivity contribution in [2.75, 3.05) is 6.54 Å². The molecule has 6 nitrogen and oxygen atoms in total. The molecule has 1 aliphatic rings. The van der Waals surface area contributed by atoms with Gasteiger partial charge in [0.15, 0.2) is 0 Å². The van der Waals surface area contributed by atoms with Gasteiger partial charge in [-0.25, -0.2) is 4.79 Å². The molecule has 0 saturated carbocycles. The van der Waals surface area contributed by atoms with Crippen molar-refractivity contribution in [1.29, 1.82) is 0 Å². The SMILES string of the molecule is CCC[C@@H](NC(=O)CN1C(=O)N[C@@](C)(c2ccccc2)C1=O)c1ccccc1. The number of rotatable bonds is 7. The summed E-state index contributed by atoms with van der Waals surface area (Å²) in [5.74, 6) is -0.784. The molecule has 2 aromatic rings. The molecule has 0 unspecified atom stereocenters. The summed E-state index contributed by atoms with van der Waals surface area (Å²) in [6.07, 6.45) is 1.67. The second kappa shape index (κ2) is 8.25. The van der Waals surface area contributed by atoms with E-state index in [0.717, 1.165) is 23.3 Å². The first-order chi connectivity index (χ1) is 13.5. The zero-order valence-corrected chi connectivity index (χ0v) is 16.1. The van der Waals surface area contributed by atoms with Crippen LogP contribution < -0.4 is 10.6 Å². The fraction of sp³-hybridized carbons (Fsp3) is 0.318. The van der Waals surface area contributed by atoms with E-state index in [1.165, 1.54) is 0 Å². The van der Waals surface area contributed by atoms with Crippen LogP contribution in [0.1, 0.15) is 43.9 Å². The fourth-order valence-corrected chi connectivity index (χ4v) is 3.49. The predicted octanol–water partition coefficient (Wildman–Crippen LogP) is 3.11. The molecule has 1 saturated heterocycles. The minimum Gasteiger partial charge on any atom is -0.348 e. The number of hydrogen-bond donors (Lipinski definition) is 2. The van der Waals surface area contributed by atoms with Gasteiger partial charge in [-0.05, 0) is 24.5 Å². The van der Waals surface area contributed by atoms with Crippen molar-refractivity contribution in [2.24, 2.45) is 0 Å². The zero-order chi connectivity index (χ0) is 20.1. The average Bonchev–Trinajstić information content (AvgIpc) is 2.93. The number of nitrogens with zero attached hydrogens (tertiary/aromatic N) is 1. The Morgan fingerprint density at radius 3 is 2.29 bits per heavy atom. The molecule has 0 radical (unpaired) electrons. The van der Waals surface area contributed by atoms with E-state index >= 15 is 0 Å². The highest BCUT2D eigenvalue weighted by Gasteiger charge is 2.49. The highest BCUT2D eigenvalue weighted by atomic mass is 16.2. The minimum absolute atomic E-state index is 0.153.